The third-order valence-electron chi connectivity index (χ3n) is 4.11. The lowest BCUT2D eigenvalue weighted by atomic mass is 10.1. The summed E-state index contributed by atoms with van der Waals surface area (Å²) in [6, 6.07) is 9.04. The molecule has 1 N–H and O–H groups in total. The molecular weight excluding hydrogens is 364 g/mol. The standard InChI is InChI=1S/C19H14N4O3S/c1-3-12-7-11(9-20)19(27-12)22-17(24)13-8-14(15-5-4-6-25-15)21-18-16(13)10(2)23-26-18/h4-8H,3H2,1-2H3,(H,22,24). The third kappa shape index (κ3) is 2.98. The Balaban J connectivity index is 1.80. The summed E-state index contributed by atoms with van der Waals surface area (Å²) in [7, 11) is 0. The molecule has 4 aromatic rings. The first-order valence-corrected chi connectivity index (χ1v) is 9.07. The van der Waals surface area contributed by atoms with Crippen molar-refractivity contribution in [2.45, 2.75) is 20.3 Å². The number of amides is 1. The van der Waals surface area contributed by atoms with Crippen molar-refractivity contribution in [2.24, 2.45) is 0 Å². The van der Waals surface area contributed by atoms with Crippen LogP contribution in [0.3, 0.4) is 0 Å². The van der Waals surface area contributed by atoms with Gasteiger partial charge in [0.1, 0.15) is 16.8 Å². The largest absolute Gasteiger partial charge is 0.463 e. The maximum Gasteiger partial charge on any atom is 0.259 e. The molecular formula is C19H14N4O3S. The Hall–Kier alpha value is -3.44. The van der Waals surface area contributed by atoms with Crippen LogP contribution in [0.1, 0.15) is 33.4 Å². The number of aromatic nitrogens is 2. The molecule has 0 aliphatic rings. The Morgan fingerprint density at radius 3 is 2.96 bits per heavy atom. The summed E-state index contributed by atoms with van der Waals surface area (Å²) in [5, 5.41) is 17.1. The van der Waals surface area contributed by atoms with Gasteiger partial charge in [0.05, 0.1) is 28.5 Å². The zero-order valence-corrected chi connectivity index (χ0v) is 15.4. The maximum absolute atomic E-state index is 13.0. The van der Waals surface area contributed by atoms with Crippen LogP contribution in [0.4, 0.5) is 5.00 Å². The number of hydrogen-bond acceptors (Lipinski definition) is 7. The van der Waals surface area contributed by atoms with Crippen LogP contribution in [0.5, 0.6) is 0 Å². The molecule has 4 rings (SSSR count). The number of fused-ring (bicyclic) bond motifs is 1. The highest BCUT2D eigenvalue weighted by Crippen LogP contribution is 2.31. The maximum atomic E-state index is 13.0. The summed E-state index contributed by atoms with van der Waals surface area (Å²) in [5.41, 5.74) is 2.10. The summed E-state index contributed by atoms with van der Waals surface area (Å²) in [6.45, 7) is 3.75. The molecule has 1 amide bonds. The molecule has 4 aromatic heterocycles. The lowest BCUT2D eigenvalue weighted by Crippen LogP contribution is -2.13. The summed E-state index contributed by atoms with van der Waals surface area (Å²) in [5.74, 6) is 0.157. The van der Waals surface area contributed by atoms with Gasteiger partial charge in [-0.05, 0) is 37.6 Å². The fourth-order valence-electron chi connectivity index (χ4n) is 2.79. The predicted octanol–water partition coefficient (Wildman–Crippen LogP) is 4.54. The molecule has 0 unspecified atom stereocenters. The number of nitriles is 1. The Morgan fingerprint density at radius 2 is 2.26 bits per heavy atom. The van der Waals surface area contributed by atoms with Crippen molar-refractivity contribution in [3.63, 3.8) is 0 Å². The van der Waals surface area contributed by atoms with Crippen LogP contribution in [0, 0.1) is 18.3 Å². The van der Waals surface area contributed by atoms with E-state index in [2.05, 4.69) is 21.5 Å². The first-order chi connectivity index (χ1) is 13.1. The number of nitrogens with zero attached hydrogens (tertiary/aromatic N) is 3. The van der Waals surface area contributed by atoms with E-state index in [4.69, 9.17) is 8.94 Å². The molecule has 0 bridgehead atoms. The monoisotopic (exact) mass is 378 g/mol. The Bertz CT molecular complexity index is 1180. The molecule has 0 saturated carbocycles. The number of nitrogens with one attached hydrogen (secondary N) is 1. The highest BCUT2D eigenvalue weighted by molar-refractivity contribution is 7.16. The molecule has 0 spiro atoms. The SMILES string of the molecule is CCc1cc(C#N)c(NC(=O)c2cc(-c3ccco3)nc3onc(C)c23)s1. The molecule has 27 heavy (non-hydrogen) atoms. The highest BCUT2D eigenvalue weighted by Gasteiger charge is 2.21. The zero-order valence-electron chi connectivity index (χ0n) is 14.6. The third-order valence-corrected chi connectivity index (χ3v) is 5.31. The second-order valence-electron chi connectivity index (χ2n) is 5.86. The van der Waals surface area contributed by atoms with Crippen LogP contribution in [0.2, 0.25) is 0 Å². The van der Waals surface area contributed by atoms with Crippen LogP contribution in [-0.2, 0) is 6.42 Å². The number of pyridine rings is 1. The van der Waals surface area contributed by atoms with Gasteiger partial charge in [-0.1, -0.05) is 12.1 Å². The molecule has 8 heteroatoms. The first-order valence-electron chi connectivity index (χ1n) is 8.25. The average Bonchev–Trinajstić information content (AvgIpc) is 3.41. The fourth-order valence-corrected chi connectivity index (χ4v) is 3.73. The Kier molecular flexibility index (Phi) is 4.22. The van der Waals surface area contributed by atoms with E-state index < -0.39 is 0 Å². The molecule has 4 heterocycles. The minimum Gasteiger partial charge on any atom is -0.463 e. The predicted molar refractivity (Wildman–Crippen MR) is 101 cm³/mol. The number of thiophene rings is 1. The molecule has 0 aromatic carbocycles. The molecule has 0 aliphatic carbocycles. The fraction of sp³-hybridized carbons (Fsp3) is 0.158. The minimum atomic E-state index is -0.359. The number of rotatable bonds is 4. The van der Waals surface area contributed by atoms with Gasteiger partial charge in [-0.3, -0.25) is 4.79 Å². The van der Waals surface area contributed by atoms with Gasteiger partial charge in [0.2, 0.25) is 0 Å². The van der Waals surface area contributed by atoms with Crippen LogP contribution in [-0.4, -0.2) is 16.0 Å². The molecule has 0 saturated heterocycles. The van der Waals surface area contributed by atoms with E-state index in [0.29, 0.717) is 38.7 Å². The van der Waals surface area contributed by atoms with Crippen LogP contribution < -0.4 is 5.32 Å². The summed E-state index contributed by atoms with van der Waals surface area (Å²) >= 11 is 1.39. The number of furan rings is 1. The van der Waals surface area contributed by atoms with Crippen LogP contribution in [0.15, 0.2) is 39.5 Å². The van der Waals surface area contributed by atoms with Crippen LogP contribution in [0.25, 0.3) is 22.6 Å². The number of aryl methyl sites for hydroxylation is 2. The Labute approximate surface area is 158 Å². The van der Waals surface area contributed by atoms with Gasteiger partial charge in [0.25, 0.3) is 11.6 Å². The average molecular weight is 378 g/mol. The number of hydrogen-bond donors (Lipinski definition) is 1. The highest BCUT2D eigenvalue weighted by atomic mass is 32.1. The molecule has 0 atom stereocenters. The first kappa shape index (κ1) is 17.0. The molecule has 7 nitrogen and oxygen atoms in total. The van der Waals surface area contributed by atoms with Gasteiger partial charge in [0.15, 0.2) is 5.76 Å². The second-order valence-corrected chi connectivity index (χ2v) is 6.99. The van der Waals surface area contributed by atoms with E-state index in [1.807, 2.05) is 6.92 Å². The van der Waals surface area contributed by atoms with E-state index in [9.17, 15) is 10.1 Å². The number of carbonyl (C=O) groups is 1. The van der Waals surface area contributed by atoms with Gasteiger partial charge < -0.3 is 14.3 Å². The van der Waals surface area contributed by atoms with Crippen molar-refractivity contribution >= 4 is 33.3 Å². The number of carbonyl (C=O) groups excluding carboxylic acids is 1. The number of anilines is 1. The summed E-state index contributed by atoms with van der Waals surface area (Å²) in [4.78, 5) is 18.4. The van der Waals surface area contributed by atoms with E-state index in [0.717, 1.165) is 11.3 Å². The van der Waals surface area contributed by atoms with Crippen molar-refractivity contribution in [3.05, 3.63) is 52.2 Å². The van der Waals surface area contributed by atoms with Gasteiger partial charge in [0, 0.05) is 4.88 Å². The van der Waals surface area contributed by atoms with Gasteiger partial charge in [-0.15, -0.1) is 11.3 Å². The smallest absolute Gasteiger partial charge is 0.259 e. The van der Waals surface area contributed by atoms with Crippen molar-refractivity contribution < 1.29 is 13.7 Å². The van der Waals surface area contributed by atoms with Crippen molar-refractivity contribution in [1.82, 2.24) is 10.1 Å². The van der Waals surface area contributed by atoms with E-state index in [1.165, 1.54) is 17.6 Å². The molecule has 134 valence electrons. The van der Waals surface area contributed by atoms with Crippen molar-refractivity contribution in [1.29, 1.82) is 5.26 Å². The molecule has 0 aliphatic heterocycles. The van der Waals surface area contributed by atoms with Gasteiger partial charge >= 0.3 is 0 Å². The van der Waals surface area contributed by atoms with E-state index in [-0.39, 0.29) is 11.6 Å². The van der Waals surface area contributed by atoms with E-state index in [1.54, 1.807) is 31.2 Å². The summed E-state index contributed by atoms with van der Waals surface area (Å²) in [6.07, 6.45) is 2.33. The Morgan fingerprint density at radius 1 is 1.41 bits per heavy atom. The minimum absolute atomic E-state index is 0.257. The quantitative estimate of drug-likeness (QED) is 0.559. The van der Waals surface area contributed by atoms with E-state index >= 15 is 0 Å². The van der Waals surface area contributed by atoms with Crippen molar-refractivity contribution in [3.8, 4) is 17.5 Å². The normalized spacial score (nSPS) is 10.9. The lowest BCUT2D eigenvalue weighted by molar-refractivity contribution is 0.102. The lowest BCUT2D eigenvalue weighted by Gasteiger charge is -2.06. The topological polar surface area (TPSA) is 105 Å². The molecule has 0 radical (unpaired) electrons. The van der Waals surface area contributed by atoms with Gasteiger partial charge in [-0.2, -0.15) is 5.26 Å². The summed E-state index contributed by atoms with van der Waals surface area (Å²) < 4.78 is 10.6. The molecule has 0 fully saturated rings. The zero-order chi connectivity index (χ0) is 19.0. The second kappa shape index (κ2) is 6.70. The van der Waals surface area contributed by atoms with Crippen LogP contribution >= 0.6 is 11.3 Å². The van der Waals surface area contributed by atoms with Crippen molar-refractivity contribution in [2.75, 3.05) is 5.32 Å². The van der Waals surface area contributed by atoms with Gasteiger partial charge in [-0.25, -0.2) is 4.98 Å².